The minimum absolute atomic E-state index is 0. The summed E-state index contributed by atoms with van der Waals surface area (Å²) in [4.78, 5) is 10.7. The van der Waals surface area contributed by atoms with Gasteiger partial charge in [-0.15, -0.1) is 0 Å². The van der Waals surface area contributed by atoms with Crippen molar-refractivity contribution in [3.63, 3.8) is 0 Å². The summed E-state index contributed by atoms with van der Waals surface area (Å²) in [5.74, 6) is 0. The van der Waals surface area contributed by atoms with Gasteiger partial charge in [0.1, 0.15) is 19.0 Å². The molecule has 0 N–H and O–H groups in total. The summed E-state index contributed by atoms with van der Waals surface area (Å²) >= 11 is 0. The van der Waals surface area contributed by atoms with Gasteiger partial charge in [0, 0.05) is 0 Å². The zero-order valence-corrected chi connectivity index (χ0v) is 3.07. The van der Waals surface area contributed by atoms with Crippen LogP contribution in [0.15, 0.2) is 19.0 Å². The number of hydrogen-bond donors (Lipinski definition) is 0. The predicted molar refractivity (Wildman–Crippen MR) is 34.1 cm³/mol. The average molecular weight is 129 g/mol. The molecule has 5 heteroatoms. The Morgan fingerprint density at radius 2 is 0.875 bits per heavy atom. The van der Waals surface area contributed by atoms with Crippen molar-refractivity contribution in [2.24, 2.45) is 0 Å². The molecule has 0 aromatic carbocycles. The van der Waals surface area contributed by atoms with Crippen molar-refractivity contribution in [2.45, 2.75) is 0 Å². The maximum atomic E-state index is 3.56. The van der Waals surface area contributed by atoms with Crippen LogP contribution in [0.25, 0.3) is 0 Å². The van der Waals surface area contributed by atoms with Gasteiger partial charge in [-0.2, -0.15) is 0 Å². The minimum atomic E-state index is 0. The van der Waals surface area contributed by atoms with E-state index in [-0.39, 0.29) is 59.1 Å². The first-order chi connectivity index (χ1) is 3.00. The Balaban J connectivity index is 0. The van der Waals surface area contributed by atoms with E-state index in [1.165, 1.54) is 19.0 Å². The van der Waals surface area contributed by atoms with Gasteiger partial charge in [0.25, 0.3) is 0 Å². The third-order valence-electron chi connectivity index (χ3n) is 0.400. The Bertz CT molecular complexity index is 84.5. The molecule has 1 rings (SSSR count). The number of nitrogens with zero attached hydrogens (tertiary/aromatic N) is 3. The molecule has 1 aromatic heterocycles. The van der Waals surface area contributed by atoms with E-state index < -0.39 is 0 Å². The maximum absolute atomic E-state index is 3.56. The van der Waals surface area contributed by atoms with Crippen LogP contribution in [-0.4, -0.2) is 74.1 Å². The Morgan fingerprint density at radius 1 is 0.625 bits per heavy atom. The summed E-state index contributed by atoms with van der Waals surface area (Å²) in [5.41, 5.74) is 0. The minimum Gasteiger partial charge on any atom is -0.225 e. The van der Waals surface area contributed by atoms with Gasteiger partial charge < -0.3 is 0 Å². The molecule has 0 atom stereocenters. The molecule has 0 aliphatic heterocycles. The quantitative estimate of drug-likeness (QED) is 0.403. The van der Waals surface area contributed by atoms with Crippen molar-refractivity contribution in [3.05, 3.63) is 19.0 Å². The maximum Gasteiger partial charge on any atom is 0.119 e. The van der Waals surface area contributed by atoms with Crippen molar-refractivity contribution in [3.8, 4) is 0 Å². The van der Waals surface area contributed by atoms with E-state index in [2.05, 4.69) is 15.0 Å². The van der Waals surface area contributed by atoms with E-state index in [1.807, 2.05) is 0 Å². The topological polar surface area (TPSA) is 38.7 Å². The zero-order valence-electron chi connectivity index (χ0n) is 3.07. The van der Waals surface area contributed by atoms with Crippen LogP contribution in [0.2, 0.25) is 0 Å². The van der Waals surface area contributed by atoms with Crippen LogP contribution in [0, 0.1) is 0 Å². The third kappa shape index (κ3) is 5.15. The molecule has 0 fully saturated rings. The molecule has 0 amide bonds. The fraction of sp³-hybridized carbons (Fsp3) is 0. The first kappa shape index (κ1) is 11.8. The van der Waals surface area contributed by atoms with Crippen LogP contribution < -0.4 is 0 Å². The molecule has 0 aliphatic carbocycles. The molecule has 0 saturated heterocycles. The Kier molecular flexibility index (Phi) is 11.8. The zero-order chi connectivity index (χ0) is 4.24. The molecule has 34 valence electrons. The predicted octanol–water partition coefficient (Wildman–Crippen LogP) is -1.43. The summed E-state index contributed by atoms with van der Waals surface area (Å²) in [7, 11) is 0. The third-order valence-corrected chi connectivity index (χ3v) is 0.400. The SMILES string of the molecule is [NaH].[NaH].c1ncncn1. The van der Waals surface area contributed by atoms with Crippen LogP contribution in [-0.2, 0) is 0 Å². The standard InChI is InChI=1S/C3H3N3.2Na.2H/c1-4-2-6-3-5-1;;;;/h1-3H;;;;. The van der Waals surface area contributed by atoms with Crippen molar-refractivity contribution in [1.29, 1.82) is 0 Å². The van der Waals surface area contributed by atoms with Crippen LogP contribution in [0.5, 0.6) is 0 Å². The normalized spacial score (nSPS) is 6.00. The van der Waals surface area contributed by atoms with Gasteiger partial charge in [-0.3, -0.25) is 0 Å². The van der Waals surface area contributed by atoms with E-state index in [9.17, 15) is 0 Å². The summed E-state index contributed by atoms with van der Waals surface area (Å²) < 4.78 is 0. The van der Waals surface area contributed by atoms with Crippen molar-refractivity contribution in [1.82, 2.24) is 15.0 Å². The number of rotatable bonds is 0. The van der Waals surface area contributed by atoms with E-state index >= 15 is 0 Å². The van der Waals surface area contributed by atoms with Gasteiger partial charge in [0.15, 0.2) is 0 Å². The van der Waals surface area contributed by atoms with Crippen LogP contribution in [0.1, 0.15) is 0 Å². The molecule has 1 aromatic rings. The average Bonchev–Trinajstić information content (AvgIpc) is 1.72. The number of hydrogen-bond acceptors (Lipinski definition) is 3. The largest absolute Gasteiger partial charge is 0.225 e. The summed E-state index contributed by atoms with van der Waals surface area (Å²) in [6, 6.07) is 0. The molecule has 0 spiro atoms. The summed E-state index contributed by atoms with van der Waals surface area (Å²) in [6.45, 7) is 0. The van der Waals surface area contributed by atoms with Gasteiger partial charge in [0.05, 0.1) is 0 Å². The smallest absolute Gasteiger partial charge is 0.119 e. The monoisotopic (exact) mass is 129 g/mol. The fourth-order valence-corrected chi connectivity index (χ4v) is 0.205. The first-order valence-electron chi connectivity index (χ1n) is 1.55. The van der Waals surface area contributed by atoms with Gasteiger partial charge in [-0.1, -0.05) is 0 Å². The van der Waals surface area contributed by atoms with E-state index in [1.54, 1.807) is 0 Å². The summed E-state index contributed by atoms with van der Waals surface area (Å²) in [5, 5.41) is 0. The molecule has 3 nitrogen and oxygen atoms in total. The first-order valence-corrected chi connectivity index (χ1v) is 1.55. The number of aromatic nitrogens is 3. The summed E-state index contributed by atoms with van der Waals surface area (Å²) in [6.07, 6.45) is 4.31. The van der Waals surface area contributed by atoms with E-state index in [4.69, 9.17) is 0 Å². The van der Waals surface area contributed by atoms with Crippen molar-refractivity contribution < 1.29 is 0 Å². The fourth-order valence-electron chi connectivity index (χ4n) is 0.205. The Labute approximate surface area is 91.9 Å². The van der Waals surface area contributed by atoms with Crippen LogP contribution >= 0.6 is 0 Å². The van der Waals surface area contributed by atoms with Crippen molar-refractivity contribution in [2.75, 3.05) is 0 Å². The van der Waals surface area contributed by atoms with Crippen molar-refractivity contribution >= 4 is 59.1 Å². The molecule has 0 bridgehead atoms. The van der Waals surface area contributed by atoms with Crippen LogP contribution in [0.3, 0.4) is 0 Å². The second-order valence-electron chi connectivity index (χ2n) is 0.794. The Hall–Kier alpha value is 1.01. The second kappa shape index (κ2) is 8.01. The van der Waals surface area contributed by atoms with Gasteiger partial charge in [-0.05, 0) is 0 Å². The Morgan fingerprint density at radius 3 is 1.00 bits per heavy atom. The molecule has 0 radical (unpaired) electrons. The van der Waals surface area contributed by atoms with Crippen LogP contribution in [0.4, 0.5) is 0 Å². The second-order valence-corrected chi connectivity index (χ2v) is 0.794. The van der Waals surface area contributed by atoms with Gasteiger partial charge >= 0.3 is 59.1 Å². The van der Waals surface area contributed by atoms with Gasteiger partial charge in [-0.25, -0.2) is 15.0 Å². The molecule has 8 heavy (non-hydrogen) atoms. The molecule has 0 aliphatic rings. The molecular weight excluding hydrogens is 124 g/mol. The van der Waals surface area contributed by atoms with Gasteiger partial charge in [0.2, 0.25) is 0 Å². The van der Waals surface area contributed by atoms with E-state index in [0.29, 0.717) is 0 Å². The molecular formula is C3H5N3Na2. The molecule has 0 saturated carbocycles. The molecule has 0 unspecified atom stereocenters. The van der Waals surface area contributed by atoms with E-state index in [0.717, 1.165) is 0 Å². The molecule has 1 heterocycles.